The zero-order chi connectivity index (χ0) is 57.8. The molecule has 80 heavy (non-hydrogen) atoms. The fraction of sp³-hybridized carbons (Fsp3) is 0.932. The van der Waals surface area contributed by atoms with Gasteiger partial charge in [-0.05, 0) is 44.9 Å². The first-order valence-corrected chi connectivity index (χ1v) is 36.7. The second-order valence-corrected chi connectivity index (χ2v) is 25.2. The molecule has 474 valence electrons. The van der Waals surface area contributed by atoms with Crippen LogP contribution in [0.5, 0.6) is 0 Å². The average molecular weight is 1130 g/mol. The number of unbranched alkanes of at least 4 members (excludes halogenated alkanes) is 56. The van der Waals surface area contributed by atoms with Crippen LogP contribution in [0, 0.1) is 0 Å². The molecule has 0 aromatic rings. The summed E-state index contributed by atoms with van der Waals surface area (Å²) in [4.78, 5) is 38.5. The Hall–Kier alpha value is -1.85. The lowest BCUT2D eigenvalue weighted by molar-refractivity contribution is -0.167. The van der Waals surface area contributed by atoms with Crippen LogP contribution in [-0.4, -0.2) is 37.2 Å². The van der Waals surface area contributed by atoms with Crippen LogP contribution in [0.2, 0.25) is 0 Å². The summed E-state index contributed by atoms with van der Waals surface area (Å²) >= 11 is 0. The normalized spacial score (nSPS) is 12.0. The largest absolute Gasteiger partial charge is 0.462 e. The monoisotopic (exact) mass is 1130 g/mol. The van der Waals surface area contributed by atoms with E-state index in [1.807, 2.05) is 0 Å². The Labute approximate surface area is 501 Å². The lowest BCUT2D eigenvalue weighted by Gasteiger charge is -2.18. The Morgan fingerprint density at radius 1 is 0.237 bits per heavy atom. The van der Waals surface area contributed by atoms with Gasteiger partial charge in [-0.2, -0.15) is 0 Å². The third-order valence-corrected chi connectivity index (χ3v) is 17.0. The molecule has 0 radical (unpaired) electrons. The minimum absolute atomic E-state index is 0.0640. The summed E-state index contributed by atoms with van der Waals surface area (Å²) in [7, 11) is 0. The predicted octanol–water partition coefficient (Wildman–Crippen LogP) is 25.2. The Balaban J connectivity index is 4.25. The molecule has 0 saturated heterocycles. The molecular formula is C74H142O6. The van der Waals surface area contributed by atoms with Crippen molar-refractivity contribution in [2.24, 2.45) is 0 Å². The molecule has 0 aliphatic heterocycles. The summed E-state index contributed by atoms with van der Waals surface area (Å²) in [5.41, 5.74) is 0. The van der Waals surface area contributed by atoms with E-state index in [1.54, 1.807) is 0 Å². The van der Waals surface area contributed by atoms with Crippen LogP contribution in [0.15, 0.2) is 12.2 Å². The summed E-state index contributed by atoms with van der Waals surface area (Å²) in [6.45, 7) is 6.74. The summed E-state index contributed by atoms with van der Waals surface area (Å²) in [5, 5.41) is 0. The molecule has 0 heterocycles. The Morgan fingerprint density at radius 3 is 0.625 bits per heavy atom. The van der Waals surface area contributed by atoms with Gasteiger partial charge in [0.15, 0.2) is 6.10 Å². The van der Waals surface area contributed by atoms with E-state index < -0.39 is 6.10 Å². The third-order valence-electron chi connectivity index (χ3n) is 17.0. The van der Waals surface area contributed by atoms with Crippen LogP contribution in [-0.2, 0) is 28.6 Å². The molecule has 1 unspecified atom stereocenters. The van der Waals surface area contributed by atoms with Gasteiger partial charge < -0.3 is 14.2 Å². The maximum absolute atomic E-state index is 13.0. The molecule has 0 fully saturated rings. The van der Waals surface area contributed by atoms with Crippen molar-refractivity contribution in [3.8, 4) is 0 Å². The van der Waals surface area contributed by atoms with Crippen molar-refractivity contribution in [2.45, 2.75) is 431 Å². The Bertz CT molecular complexity index is 1250. The molecule has 6 heteroatoms. The standard InChI is InChI=1S/C74H142O6/c1-4-7-10-13-16-19-22-25-28-31-34-35-36-37-38-39-41-43-46-49-52-55-58-61-64-67-73(76)79-70-71(69-78-72(75)66-63-60-57-54-51-48-45-42-33-30-27-24-21-18-15-12-9-6-3)80-74(77)68-65-62-59-56-53-50-47-44-40-32-29-26-23-20-17-14-11-8-5-2/h30,33,71H,4-29,31-32,34-70H2,1-3H3/b33-30-. The van der Waals surface area contributed by atoms with Crippen LogP contribution in [0.25, 0.3) is 0 Å². The van der Waals surface area contributed by atoms with Crippen LogP contribution in [0.3, 0.4) is 0 Å². The van der Waals surface area contributed by atoms with Gasteiger partial charge in [-0.1, -0.05) is 373 Å². The van der Waals surface area contributed by atoms with Crippen molar-refractivity contribution in [2.75, 3.05) is 13.2 Å². The van der Waals surface area contributed by atoms with Crippen LogP contribution in [0.4, 0.5) is 0 Å². The van der Waals surface area contributed by atoms with E-state index in [4.69, 9.17) is 14.2 Å². The quantitative estimate of drug-likeness (QED) is 0.0261. The molecule has 0 N–H and O–H groups in total. The second kappa shape index (κ2) is 69.6. The van der Waals surface area contributed by atoms with E-state index in [9.17, 15) is 14.4 Å². The summed E-state index contributed by atoms with van der Waals surface area (Å²) in [6.07, 6.45) is 83.9. The highest BCUT2D eigenvalue weighted by atomic mass is 16.6. The first-order chi connectivity index (χ1) is 39.5. The Kier molecular flexibility index (Phi) is 68.0. The van der Waals surface area contributed by atoms with Gasteiger partial charge in [-0.15, -0.1) is 0 Å². The topological polar surface area (TPSA) is 78.9 Å². The van der Waals surface area contributed by atoms with Crippen molar-refractivity contribution in [3.63, 3.8) is 0 Å². The first kappa shape index (κ1) is 78.1. The highest BCUT2D eigenvalue weighted by Gasteiger charge is 2.20. The molecule has 0 amide bonds. The number of esters is 3. The molecule has 0 saturated carbocycles. The van der Waals surface area contributed by atoms with Crippen LogP contribution < -0.4 is 0 Å². The summed E-state index contributed by atoms with van der Waals surface area (Å²) in [5.74, 6) is -0.829. The average Bonchev–Trinajstić information content (AvgIpc) is 3.46. The number of carbonyl (C=O) groups excluding carboxylic acids is 3. The van der Waals surface area contributed by atoms with E-state index in [0.717, 1.165) is 57.8 Å². The zero-order valence-electron chi connectivity index (χ0n) is 54.6. The molecule has 0 rings (SSSR count). The van der Waals surface area contributed by atoms with Crippen molar-refractivity contribution in [1.82, 2.24) is 0 Å². The third kappa shape index (κ3) is 66.9. The van der Waals surface area contributed by atoms with Gasteiger partial charge in [0.1, 0.15) is 13.2 Å². The van der Waals surface area contributed by atoms with Gasteiger partial charge in [0.25, 0.3) is 0 Å². The number of rotatable bonds is 69. The lowest BCUT2D eigenvalue weighted by Crippen LogP contribution is -2.30. The molecule has 0 spiro atoms. The first-order valence-electron chi connectivity index (χ1n) is 36.7. The molecule has 1 atom stereocenters. The van der Waals surface area contributed by atoms with Crippen molar-refractivity contribution < 1.29 is 28.6 Å². The van der Waals surface area contributed by atoms with Gasteiger partial charge in [0.2, 0.25) is 0 Å². The SMILES string of the molecule is CCCCCCCCC/C=C\CCCCCCCCCC(=O)OCC(COC(=O)CCCCCCCCCCCCCCCCCCCCCCCCCCC)OC(=O)CCCCCCCCCCCCCCCCCCCCC. The fourth-order valence-electron chi connectivity index (χ4n) is 11.5. The molecule has 0 aromatic carbocycles. The number of hydrogen-bond donors (Lipinski definition) is 0. The van der Waals surface area contributed by atoms with Gasteiger partial charge in [-0.3, -0.25) is 14.4 Å². The van der Waals surface area contributed by atoms with E-state index in [-0.39, 0.29) is 31.1 Å². The van der Waals surface area contributed by atoms with Gasteiger partial charge in [0, 0.05) is 19.3 Å². The maximum atomic E-state index is 13.0. The van der Waals surface area contributed by atoms with E-state index in [0.29, 0.717) is 19.3 Å². The second-order valence-electron chi connectivity index (χ2n) is 25.2. The molecular weight excluding hydrogens is 985 g/mol. The fourth-order valence-corrected chi connectivity index (χ4v) is 11.5. The number of allylic oxidation sites excluding steroid dienone is 2. The molecule has 0 aromatic heterocycles. The summed E-state index contributed by atoms with van der Waals surface area (Å²) in [6, 6.07) is 0. The van der Waals surface area contributed by atoms with Gasteiger partial charge in [-0.25, -0.2) is 0 Å². The highest BCUT2D eigenvalue weighted by Crippen LogP contribution is 2.19. The summed E-state index contributed by atoms with van der Waals surface area (Å²) < 4.78 is 17.0. The minimum Gasteiger partial charge on any atom is -0.462 e. The smallest absolute Gasteiger partial charge is 0.306 e. The molecule has 0 bridgehead atoms. The van der Waals surface area contributed by atoms with Crippen molar-refractivity contribution in [3.05, 3.63) is 12.2 Å². The number of ether oxygens (including phenoxy) is 3. The van der Waals surface area contributed by atoms with E-state index >= 15 is 0 Å². The predicted molar refractivity (Wildman–Crippen MR) is 349 cm³/mol. The Morgan fingerprint density at radius 2 is 0.412 bits per heavy atom. The van der Waals surface area contributed by atoms with E-state index in [1.165, 1.54) is 327 Å². The minimum atomic E-state index is -0.769. The zero-order valence-corrected chi connectivity index (χ0v) is 54.6. The van der Waals surface area contributed by atoms with Gasteiger partial charge in [0.05, 0.1) is 0 Å². The maximum Gasteiger partial charge on any atom is 0.306 e. The van der Waals surface area contributed by atoms with Crippen LogP contribution in [0.1, 0.15) is 425 Å². The van der Waals surface area contributed by atoms with Crippen LogP contribution >= 0.6 is 0 Å². The molecule has 0 aliphatic rings. The highest BCUT2D eigenvalue weighted by molar-refractivity contribution is 5.71. The molecule has 6 nitrogen and oxygen atoms in total. The van der Waals surface area contributed by atoms with Gasteiger partial charge >= 0.3 is 17.9 Å². The van der Waals surface area contributed by atoms with Crippen molar-refractivity contribution in [1.29, 1.82) is 0 Å². The van der Waals surface area contributed by atoms with E-state index in [2.05, 4.69) is 32.9 Å². The number of carbonyl (C=O) groups is 3. The van der Waals surface area contributed by atoms with Crippen molar-refractivity contribution >= 4 is 17.9 Å². The lowest BCUT2D eigenvalue weighted by atomic mass is 10.0. The number of hydrogen-bond acceptors (Lipinski definition) is 6. The molecule has 0 aliphatic carbocycles.